The average molecular weight is 222 g/mol. The van der Waals surface area contributed by atoms with Gasteiger partial charge in [0, 0.05) is 18.9 Å². The molecular formula is C10H14N4S. The lowest BCUT2D eigenvalue weighted by Crippen LogP contribution is -2.16. The van der Waals surface area contributed by atoms with Gasteiger partial charge in [0.25, 0.3) is 0 Å². The zero-order chi connectivity index (χ0) is 10.7. The Morgan fingerprint density at radius 2 is 2.20 bits per heavy atom. The Kier molecular flexibility index (Phi) is 3.11. The molecule has 1 saturated carbocycles. The van der Waals surface area contributed by atoms with E-state index in [0.29, 0.717) is 11.5 Å². The standard InChI is InChI=1S/C10H14N4S/c11-9(15)8-10(14-6-5-12-8)13-4-3-7-1-2-7/h5-7H,1-4H2,(H2,11,15)(H,13,14). The molecule has 5 heteroatoms. The second kappa shape index (κ2) is 4.53. The van der Waals surface area contributed by atoms with Crippen molar-refractivity contribution in [1.82, 2.24) is 9.97 Å². The van der Waals surface area contributed by atoms with E-state index >= 15 is 0 Å². The summed E-state index contributed by atoms with van der Waals surface area (Å²) in [4.78, 5) is 8.57. The van der Waals surface area contributed by atoms with E-state index in [1.54, 1.807) is 12.4 Å². The van der Waals surface area contributed by atoms with E-state index < -0.39 is 0 Å². The molecule has 0 bridgehead atoms. The van der Waals surface area contributed by atoms with Crippen LogP contribution in [-0.2, 0) is 0 Å². The number of anilines is 1. The van der Waals surface area contributed by atoms with Crippen LogP contribution in [0.5, 0.6) is 0 Å². The maximum absolute atomic E-state index is 5.55. The van der Waals surface area contributed by atoms with Gasteiger partial charge in [-0.25, -0.2) is 9.97 Å². The molecule has 1 aliphatic rings. The number of nitrogens with two attached hydrogens (primary N) is 1. The molecule has 1 heterocycles. The lowest BCUT2D eigenvalue weighted by Gasteiger charge is -2.07. The summed E-state index contributed by atoms with van der Waals surface area (Å²) >= 11 is 4.90. The molecule has 2 rings (SSSR count). The Morgan fingerprint density at radius 3 is 2.87 bits per heavy atom. The van der Waals surface area contributed by atoms with Gasteiger partial charge in [0.15, 0.2) is 5.82 Å². The summed E-state index contributed by atoms with van der Waals surface area (Å²) in [5, 5.41) is 3.22. The number of hydrogen-bond acceptors (Lipinski definition) is 4. The van der Waals surface area contributed by atoms with Crippen molar-refractivity contribution in [2.24, 2.45) is 11.7 Å². The van der Waals surface area contributed by atoms with Crippen LogP contribution in [-0.4, -0.2) is 21.5 Å². The van der Waals surface area contributed by atoms with Gasteiger partial charge in [-0.2, -0.15) is 0 Å². The smallest absolute Gasteiger partial charge is 0.155 e. The van der Waals surface area contributed by atoms with Crippen LogP contribution in [0.25, 0.3) is 0 Å². The molecule has 3 N–H and O–H groups in total. The van der Waals surface area contributed by atoms with Gasteiger partial charge < -0.3 is 11.1 Å². The molecule has 0 spiro atoms. The number of aromatic nitrogens is 2. The third kappa shape index (κ3) is 2.86. The zero-order valence-electron chi connectivity index (χ0n) is 8.44. The highest BCUT2D eigenvalue weighted by atomic mass is 32.1. The van der Waals surface area contributed by atoms with Crippen molar-refractivity contribution in [2.75, 3.05) is 11.9 Å². The second-order valence-corrected chi connectivity index (χ2v) is 4.22. The van der Waals surface area contributed by atoms with Crippen molar-refractivity contribution >= 4 is 23.0 Å². The third-order valence-electron chi connectivity index (χ3n) is 2.47. The Balaban J connectivity index is 1.95. The van der Waals surface area contributed by atoms with E-state index in [1.165, 1.54) is 19.3 Å². The van der Waals surface area contributed by atoms with Gasteiger partial charge in [0.2, 0.25) is 0 Å². The highest BCUT2D eigenvalue weighted by Gasteiger charge is 2.20. The fourth-order valence-electron chi connectivity index (χ4n) is 1.45. The molecule has 1 aromatic rings. The van der Waals surface area contributed by atoms with Crippen molar-refractivity contribution in [3.8, 4) is 0 Å². The van der Waals surface area contributed by atoms with Gasteiger partial charge in [-0.1, -0.05) is 25.1 Å². The summed E-state index contributed by atoms with van der Waals surface area (Å²) in [6.07, 6.45) is 7.16. The van der Waals surface area contributed by atoms with Gasteiger partial charge in [-0.05, 0) is 12.3 Å². The fourth-order valence-corrected chi connectivity index (χ4v) is 1.60. The number of nitrogens with one attached hydrogen (secondary N) is 1. The maximum atomic E-state index is 5.55. The first-order valence-electron chi connectivity index (χ1n) is 5.12. The van der Waals surface area contributed by atoms with Crippen LogP contribution in [0.2, 0.25) is 0 Å². The summed E-state index contributed by atoms with van der Waals surface area (Å²) in [5.74, 6) is 1.60. The summed E-state index contributed by atoms with van der Waals surface area (Å²) in [6.45, 7) is 0.916. The molecule has 0 aromatic carbocycles. The Hall–Kier alpha value is -1.23. The summed E-state index contributed by atoms with van der Waals surface area (Å²) in [5.41, 5.74) is 6.13. The second-order valence-electron chi connectivity index (χ2n) is 3.78. The lowest BCUT2D eigenvalue weighted by molar-refractivity contribution is 0.757. The van der Waals surface area contributed by atoms with Crippen LogP contribution in [0.1, 0.15) is 25.0 Å². The van der Waals surface area contributed by atoms with Gasteiger partial charge in [-0.15, -0.1) is 0 Å². The number of rotatable bonds is 5. The summed E-state index contributed by atoms with van der Waals surface area (Å²) < 4.78 is 0. The predicted molar refractivity (Wildman–Crippen MR) is 63.8 cm³/mol. The van der Waals surface area contributed by atoms with Gasteiger partial charge in [0.05, 0.1) is 0 Å². The normalized spacial score (nSPS) is 14.9. The zero-order valence-corrected chi connectivity index (χ0v) is 9.26. The molecule has 0 radical (unpaired) electrons. The molecule has 4 nitrogen and oxygen atoms in total. The average Bonchev–Trinajstić information content (AvgIpc) is 3.02. The summed E-state index contributed by atoms with van der Waals surface area (Å²) in [6, 6.07) is 0. The van der Waals surface area contributed by atoms with Crippen molar-refractivity contribution < 1.29 is 0 Å². The van der Waals surface area contributed by atoms with Crippen LogP contribution in [0, 0.1) is 5.92 Å². The quantitative estimate of drug-likeness (QED) is 0.736. The topological polar surface area (TPSA) is 63.8 Å². The van der Waals surface area contributed by atoms with E-state index in [4.69, 9.17) is 18.0 Å². The van der Waals surface area contributed by atoms with Gasteiger partial charge >= 0.3 is 0 Å². The molecule has 1 aromatic heterocycles. The minimum Gasteiger partial charge on any atom is -0.388 e. The highest BCUT2D eigenvalue weighted by Crippen LogP contribution is 2.32. The van der Waals surface area contributed by atoms with Crippen molar-refractivity contribution in [3.63, 3.8) is 0 Å². The molecule has 0 unspecified atom stereocenters. The van der Waals surface area contributed by atoms with Crippen LogP contribution in [0.4, 0.5) is 5.82 Å². The minimum absolute atomic E-state index is 0.289. The van der Waals surface area contributed by atoms with Crippen molar-refractivity contribution in [1.29, 1.82) is 0 Å². The molecule has 0 amide bonds. The van der Waals surface area contributed by atoms with Crippen LogP contribution in [0.3, 0.4) is 0 Å². The van der Waals surface area contributed by atoms with E-state index in [0.717, 1.165) is 12.5 Å². The number of thiocarbonyl (C=S) groups is 1. The molecule has 1 fully saturated rings. The SMILES string of the molecule is NC(=S)c1nccnc1NCCC1CC1. The number of hydrogen-bond donors (Lipinski definition) is 2. The van der Waals surface area contributed by atoms with E-state index in [9.17, 15) is 0 Å². The Labute approximate surface area is 94.3 Å². The fraction of sp³-hybridized carbons (Fsp3) is 0.500. The lowest BCUT2D eigenvalue weighted by atomic mass is 10.3. The van der Waals surface area contributed by atoms with Crippen LogP contribution < -0.4 is 11.1 Å². The summed E-state index contributed by atoms with van der Waals surface area (Å²) in [7, 11) is 0. The van der Waals surface area contributed by atoms with E-state index in [-0.39, 0.29) is 4.99 Å². The molecule has 80 valence electrons. The highest BCUT2D eigenvalue weighted by molar-refractivity contribution is 7.80. The molecule has 1 aliphatic carbocycles. The van der Waals surface area contributed by atoms with Crippen LogP contribution in [0.15, 0.2) is 12.4 Å². The van der Waals surface area contributed by atoms with E-state index in [2.05, 4.69) is 15.3 Å². The Morgan fingerprint density at radius 1 is 1.47 bits per heavy atom. The van der Waals surface area contributed by atoms with Crippen molar-refractivity contribution in [3.05, 3.63) is 18.1 Å². The van der Waals surface area contributed by atoms with Crippen LogP contribution >= 0.6 is 12.2 Å². The van der Waals surface area contributed by atoms with Crippen molar-refractivity contribution in [2.45, 2.75) is 19.3 Å². The first kappa shape index (κ1) is 10.3. The molecule has 0 saturated heterocycles. The first-order valence-corrected chi connectivity index (χ1v) is 5.53. The molecular weight excluding hydrogens is 208 g/mol. The maximum Gasteiger partial charge on any atom is 0.155 e. The molecule has 0 aliphatic heterocycles. The molecule has 0 atom stereocenters. The predicted octanol–water partition coefficient (Wildman–Crippen LogP) is 1.32. The molecule has 15 heavy (non-hydrogen) atoms. The monoisotopic (exact) mass is 222 g/mol. The minimum atomic E-state index is 0.289. The first-order chi connectivity index (χ1) is 7.27. The van der Waals surface area contributed by atoms with E-state index in [1.807, 2.05) is 0 Å². The van der Waals surface area contributed by atoms with Gasteiger partial charge in [0.1, 0.15) is 10.7 Å². The largest absolute Gasteiger partial charge is 0.388 e. The Bertz CT molecular complexity index is 362. The third-order valence-corrected chi connectivity index (χ3v) is 2.67. The van der Waals surface area contributed by atoms with Gasteiger partial charge in [-0.3, -0.25) is 0 Å². The number of nitrogens with zero attached hydrogens (tertiary/aromatic N) is 2.